The molecule has 1 heterocycles. The summed E-state index contributed by atoms with van der Waals surface area (Å²) in [5.41, 5.74) is 1.00. The van der Waals surface area contributed by atoms with Gasteiger partial charge in [0.05, 0.1) is 26.9 Å². The summed E-state index contributed by atoms with van der Waals surface area (Å²) < 4.78 is 10.6. The third-order valence-electron chi connectivity index (χ3n) is 3.55. The molecule has 0 radical (unpaired) electrons. The lowest BCUT2D eigenvalue weighted by Gasteiger charge is -2.27. The van der Waals surface area contributed by atoms with Gasteiger partial charge in [-0.15, -0.1) is 0 Å². The van der Waals surface area contributed by atoms with Crippen molar-refractivity contribution in [3.63, 3.8) is 0 Å². The van der Waals surface area contributed by atoms with E-state index in [1.54, 1.807) is 14.2 Å². The van der Waals surface area contributed by atoms with Gasteiger partial charge in [-0.3, -0.25) is 4.90 Å². The van der Waals surface area contributed by atoms with Gasteiger partial charge in [0, 0.05) is 5.56 Å². The molecule has 1 aliphatic rings. The fraction of sp³-hybridized carbons (Fsp3) is 0.571. The molecule has 1 atom stereocenters. The van der Waals surface area contributed by atoms with E-state index < -0.39 is 0 Å². The van der Waals surface area contributed by atoms with Crippen LogP contribution in [0.25, 0.3) is 0 Å². The molecule has 1 aliphatic heterocycles. The van der Waals surface area contributed by atoms with Crippen LogP contribution in [0.1, 0.15) is 24.4 Å². The number of ether oxygens (including phenoxy) is 2. The lowest BCUT2D eigenvalue weighted by molar-refractivity contribution is 0.144. The smallest absolute Gasteiger partial charge is 0.124 e. The van der Waals surface area contributed by atoms with E-state index in [2.05, 4.69) is 4.90 Å². The molecule has 1 N–H and O–H groups in total. The Morgan fingerprint density at radius 3 is 2.50 bits per heavy atom. The second-order valence-corrected chi connectivity index (χ2v) is 4.55. The molecule has 0 aliphatic carbocycles. The first-order chi connectivity index (χ1) is 8.80. The van der Waals surface area contributed by atoms with Crippen molar-refractivity contribution in [3.05, 3.63) is 23.8 Å². The van der Waals surface area contributed by atoms with Crippen molar-refractivity contribution in [1.82, 2.24) is 4.90 Å². The number of likely N-dealkylation sites (tertiary alicyclic amines) is 1. The fourth-order valence-electron chi connectivity index (χ4n) is 2.56. The highest BCUT2D eigenvalue weighted by molar-refractivity contribution is 5.42. The SMILES string of the molecule is COc1ccc(OC)c(C(CO)N2CCCC2)c1. The van der Waals surface area contributed by atoms with E-state index in [9.17, 15) is 5.11 Å². The van der Waals surface area contributed by atoms with Crippen molar-refractivity contribution < 1.29 is 14.6 Å². The number of benzene rings is 1. The molecule has 2 rings (SSSR count). The first-order valence-corrected chi connectivity index (χ1v) is 6.37. The molecule has 4 nitrogen and oxygen atoms in total. The van der Waals surface area contributed by atoms with Crippen LogP contribution in [-0.4, -0.2) is 43.9 Å². The maximum absolute atomic E-state index is 9.69. The predicted octanol–water partition coefficient (Wildman–Crippen LogP) is 1.83. The van der Waals surface area contributed by atoms with E-state index in [-0.39, 0.29) is 12.6 Å². The second-order valence-electron chi connectivity index (χ2n) is 4.55. The minimum absolute atomic E-state index is 0.00227. The molecular weight excluding hydrogens is 230 g/mol. The Kier molecular flexibility index (Phi) is 4.44. The van der Waals surface area contributed by atoms with E-state index in [0.29, 0.717) is 0 Å². The van der Waals surface area contributed by atoms with E-state index in [4.69, 9.17) is 9.47 Å². The van der Waals surface area contributed by atoms with Crippen molar-refractivity contribution in [2.24, 2.45) is 0 Å². The van der Waals surface area contributed by atoms with Gasteiger partial charge in [0.25, 0.3) is 0 Å². The molecule has 1 aromatic rings. The van der Waals surface area contributed by atoms with Crippen molar-refractivity contribution in [1.29, 1.82) is 0 Å². The Morgan fingerprint density at radius 1 is 1.22 bits per heavy atom. The summed E-state index contributed by atoms with van der Waals surface area (Å²) in [5, 5.41) is 9.69. The van der Waals surface area contributed by atoms with Crippen LogP contribution in [0.3, 0.4) is 0 Å². The lowest BCUT2D eigenvalue weighted by atomic mass is 10.0. The summed E-state index contributed by atoms with van der Waals surface area (Å²) >= 11 is 0. The summed E-state index contributed by atoms with van der Waals surface area (Å²) in [4.78, 5) is 2.30. The normalized spacial score (nSPS) is 17.7. The Hall–Kier alpha value is -1.26. The van der Waals surface area contributed by atoms with Gasteiger partial charge in [-0.05, 0) is 44.1 Å². The first-order valence-electron chi connectivity index (χ1n) is 6.37. The summed E-state index contributed by atoms with van der Waals surface area (Å²) in [6.07, 6.45) is 2.39. The summed E-state index contributed by atoms with van der Waals surface area (Å²) in [7, 11) is 3.30. The zero-order valence-corrected chi connectivity index (χ0v) is 11.1. The molecule has 0 saturated carbocycles. The molecule has 0 aromatic heterocycles. The van der Waals surface area contributed by atoms with Gasteiger partial charge in [-0.2, -0.15) is 0 Å². The molecule has 0 bridgehead atoms. The van der Waals surface area contributed by atoms with Gasteiger partial charge >= 0.3 is 0 Å². The van der Waals surface area contributed by atoms with Gasteiger partial charge in [0.1, 0.15) is 11.5 Å². The molecule has 1 unspecified atom stereocenters. The van der Waals surface area contributed by atoms with Crippen LogP contribution in [0, 0.1) is 0 Å². The van der Waals surface area contributed by atoms with Crippen molar-refractivity contribution in [2.45, 2.75) is 18.9 Å². The predicted molar refractivity (Wildman–Crippen MR) is 70.2 cm³/mol. The summed E-state index contributed by atoms with van der Waals surface area (Å²) in [6, 6.07) is 5.73. The van der Waals surface area contributed by atoms with Gasteiger partial charge in [-0.1, -0.05) is 0 Å². The minimum Gasteiger partial charge on any atom is -0.497 e. The average molecular weight is 251 g/mol. The minimum atomic E-state index is -0.00227. The largest absolute Gasteiger partial charge is 0.497 e. The van der Waals surface area contributed by atoms with Crippen molar-refractivity contribution in [3.8, 4) is 11.5 Å². The monoisotopic (exact) mass is 251 g/mol. The second kappa shape index (κ2) is 6.07. The Balaban J connectivity index is 2.32. The third kappa shape index (κ3) is 2.60. The van der Waals surface area contributed by atoms with Crippen LogP contribution in [-0.2, 0) is 0 Å². The Labute approximate surface area is 108 Å². The van der Waals surface area contributed by atoms with Crippen LogP contribution < -0.4 is 9.47 Å². The third-order valence-corrected chi connectivity index (χ3v) is 3.55. The van der Waals surface area contributed by atoms with E-state index in [1.165, 1.54) is 12.8 Å². The molecular formula is C14H21NO3. The molecule has 1 aromatic carbocycles. The number of rotatable bonds is 5. The van der Waals surface area contributed by atoms with Gasteiger partial charge in [0.2, 0.25) is 0 Å². The summed E-state index contributed by atoms with van der Waals surface area (Å²) in [5.74, 6) is 1.60. The highest BCUT2D eigenvalue weighted by Crippen LogP contribution is 2.34. The van der Waals surface area contributed by atoms with Crippen LogP contribution in [0.15, 0.2) is 18.2 Å². The topological polar surface area (TPSA) is 41.9 Å². The van der Waals surface area contributed by atoms with Crippen LogP contribution in [0.5, 0.6) is 11.5 Å². The van der Waals surface area contributed by atoms with Gasteiger partial charge in [0.15, 0.2) is 0 Å². The van der Waals surface area contributed by atoms with Gasteiger partial charge in [-0.25, -0.2) is 0 Å². The van der Waals surface area contributed by atoms with E-state index in [0.717, 1.165) is 30.2 Å². The number of hydrogen-bond acceptors (Lipinski definition) is 4. The number of aliphatic hydroxyl groups is 1. The zero-order chi connectivity index (χ0) is 13.0. The van der Waals surface area contributed by atoms with Gasteiger partial charge < -0.3 is 14.6 Å². The number of aliphatic hydroxyl groups excluding tert-OH is 1. The number of methoxy groups -OCH3 is 2. The van der Waals surface area contributed by atoms with Crippen molar-refractivity contribution >= 4 is 0 Å². The average Bonchev–Trinajstić information content (AvgIpc) is 2.93. The molecule has 100 valence electrons. The van der Waals surface area contributed by atoms with Crippen molar-refractivity contribution in [2.75, 3.05) is 33.9 Å². The van der Waals surface area contributed by atoms with Crippen LogP contribution >= 0.6 is 0 Å². The maximum Gasteiger partial charge on any atom is 0.124 e. The zero-order valence-electron chi connectivity index (χ0n) is 11.1. The maximum atomic E-state index is 9.69. The van der Waals surface area contributed by atoms with E-state index >= 15 is 0 Å². The lowest BCUT2D eigenvalue weighted by Crippen LogP contribution is -2.28. The van der Waals surface area contributed by atoms with Crippen LogP contribution in [0.4, 0.5) is 0 Å². The Bertz CT molecular complexity index is 389. The standard InChI is InChI=1S/C14H21NO3/c1-17-11-5-6-14(18-2)12(9-11)13(10-16)15-7-3-4-8-15/h5-6,9,13,16H,3-4,7-8,10H2,1-2H3. The molecule has 1 fully saturated rings. The highest BCUT2D eigenvalue weighted by atomic mass is 16.5. The molecule has 1 saturated heterocycles. The molecule has 0 amide bonds. The van der Waals surface area contributed by atoms with Crippen LogP contribution in [0.2, 0.25) is 0 Å². The molecule has 0 spiro atoms. The summed E-state index contributed by atoms with van der Waals surface area (Å²) in [6.45, 7) is 2.17. The fourth-order valence-corrected chi connectivity index (χ4v) is 2.56. The van der Waals surface area contributed by atoms with E-state index in [1.807, 2.05) is 18.2 Å². The first kappa shape index (κ1) is 13.2. The molecule has 4 heteroatoms. The number of nitrogens with zero attached hydrogens (tertiary/aromatic N) is 1. The quantitative estimate of drug-likeness (QED) is 0.867. The number of hydrogen-bond donors (Lipinski definition) is 1. The molecule has 18 heavy (non-hydrogen) atoms. The highest BCUT2D eigenvalue weighted by Gasteiger charge is 2.25. The Morgan fingerprint density at radius 2 is 1.94 bits per heavy atom.